The Hall–Kier alpha value is -1.19. The van der Waals surface area contributed by atoms with Crippen LogP contribution in [-0.4, -0.2) is 55.3 Å². The maximum absolute atomic E-state index is 13.0. The first-order chi connectivity index (χ1) is 13.8. The number of nitrogens with zero attached hydrogens (tertiary/aromatic N) is 3. The van der Waals surface area contributed by atoms with Crippen molar-refractivity contribution >= 4 is 10.0 Å². The molecule has 1 spiro atoms. The Kier molecular flexibility index (Phi) is 6.56. The highest BCUT2D eigenvalue weighted by atomic mass is 32.2. The fourth-order valence-corrected chi connectivity index (χ4v) is 5.91. The summed E-state index contributed by atoms with van der Waals surface area (Å²) in [6.07, 6.45) is 1.05. The molecule has 0 radical (unpaired) electrons. The van der Waals surface area contributed by atoms with Gasteiger partial charge in [-0.25, -0.2) is 8.42 Å². The number of sulfonamides is 1. The number of hydrogen-bond acceptors (Lipinski definition) is 4. The average molecular weight is 448 g/mol. The first-order valence-electron chi connectivity index (χ1n) is 10.6. The molecule has 1 aromatic heterocycles. The van der Waals surface area contributed by atoms with Gasteiger partial charge in [0.05, 0.1) is 0 Å². The summed E-state index contributed by atoms with van der Waals surface area (Å²) in [5.41, 5.74) is -0.831. The van der Waals surface area contributed by atoms with Crippen LogP contribution in [-0.2, 0) is 16.2 Å². The van der Waals surface area contributed by atoms with E-state index < -0.39 is 21.9 Å². The quantitative estimate of drug-likeness (QED) is 0.686. The van der Waals surface area contributed by atoms with Crippen LogP contribution in [0.4, 0.5) is 13.2 Å². The zero-order chi connectivity index (χ0) is 22.2. The van der Waals surface area contributed by atoms with E-state index in [1.807, 2.05) is 0 Å². The van der Waals surface area contributed by atoms with Gasteiger partial charge in [0.15, 0.2) is 0 Å². The van der Waals surface area contributed by atoms with E-state index in [-0.39, 0.29) is 10.3 Å². The molecule has 1 aromatic rings. The highest BCUT2D eigenvalue weighted by molar-refractivity contribution is 7.89. The van der Waals surface area contributed by atoms with Crippen LogP contribution in [0, 0.1) is 10.8 Å². The Labute approximate surface area is 177 Å². The molecular weight excluding hydrogens is 415 g/mol. The molecule has 3 heterocycles. The molecule has 3 rings (SSSR count). The van der Waals surface area contributed by atoms with Crippen LogP contribution in [0.2, 0.25) is 0 Å². The Bertz CT molecular complexity index is 825. The Morgan fingerprint density at radius 2 is 1.73 bits per heavy atom. The minimum Gasteiger partial charge on any atom is -0.303 e. The van der Waals surface area contributed by atoms with Gasteiger partial charge in [-0.2, -0.15) is 17.5 Å². The number of rotatable bonds is 4. The van der Waals surface area contributed by atoms with Gasteiger partial charge in [-0.05, 0) is 74.7 Å². The van der Waals surface area contributed by atoms with Crippen molar-refractivity contribution in [2.75, 3.05) is 32.7 Å². The topological polar surface area (TPSA) is 53.5 Å². The molecule has 0 saturated carbocycles. The summed E-state index contributed by atoms with van der Waals surface area (Å²) in [5, 5.41) is 0. The molecule has 2 aliphatic rings. The lowest BCUT2D eigenvalue weighted by molar-refractivity contribution is -0.141. The summed E-state index contributed by atoms with van der Waals surface area (Å²) < 4.78 is 65.7. The normalized spacial score (nSPS) is 21.8. The molecule has 0 unspecified atom stereocenters. The smallest absolute Gasteiger partial charge is 0.303 e. The van der Waals surface area contributed by atoms with E-state index in [0.717, 1.165) is 70.1 Å². The number of likely N-dealkylation sites (tertiary alicyclic amines) is 1. The second-order valence-electron chi connectivity index (χ2n) is 9.97. The van der Waals surface area contributed by atoms with Gasteiger partial charge < -0.3 is 4.90 Å². The number of pyridine rings is 1. The number of aromatic nitrogens is 1. The third kappa shape index (κ3) is 5.53. The van der Waals surface area contributed by atoms with E-state index in [0.29, 0.717) is 18.5 Å². The molecule has 2 aliphatic heterocycles. The first-order valence-corrected chi connectivity index (χ1v) is 12.0. The van der Waals surface area contributed by atoms with E-state index in [1.165, 1.54) is 4.31 Å². The van der Waals surface area contributed by atoms with Crippen molar-refractivity contribution in [3.8, 4) is 0 Å². The van der Waals surface area contributed by atoms with Crippen LogP contribution in [0.15, 0.2) is 23.2 Å². The maximum Gasteiger partial charge on any atom is 0.433 e. The van der Waals surface area contributed by atoms with E-state index in [9.17, 15) is 21.6 Å². The van der Waals surface area contributed by atoms with E-state index >= 15 is 0 Å². The van der Waals surface area contributed by atoms with Crippen LogP contribution in [0.5, 0.6) is 0 Å². The largest absolute Gasteiger partial charge is 0.433 e. The fraction of sp³-hybridized carbons (Fsp3) is 0.762. The van der Waals surface area contributed by atoms with Gasteiger partial charge in [-0.3, -0.25) is 4.98 Å². The van der Waals surface area contributed by atoms with Gasteiger partial charge in [-0.1, -0.05) is 20.8 Å². The Morgan fingerprint density at radius 1 is 1.07 bits per heavy atom. The third-order valence-corrected chi connectivity index (χ3v) is 8.21. The second-order valence-corrected chi connectivity index (χ2v) is 11.9. The first kappa shape index (κ1) is 23.5. The predicted molar refractivity (Wildman–Crippen MR) is 109 cm³/mol. The highest BCUT2D eigenvalue weighted by Gasteiger charge is 2.42. The summed E-state index contributed by atoms with van der Waals surface area (Å²) in [5.74, 6) is 0. The lowest BCUT2D eigenvalue weighted by atomic mass is 9.73. The molecule has 0 bridgehead atoms. The molecule has 30 heavy (non-hydrogen) atoms. The van der Waals surface area contributed by atoms with E-state index in [4.69, 9.17) is 0 Å². The van der Waals surface area contributed by atoms with E-state index in [1.54, 1.807) is 0 Å². The number of piperidine rings is 2. The number of hydrogen-bond donors (Lipinski definition) is 0. The SMILES string of the molecule is CC(C)(C)CCN1CCC2(CCCN(S(=O)(=O)c3ccc(C(F)(F)F)nc3)C2)CC1. The number of halogens is 3. The van der Waals surface area contributed by atoms with Crippen LogP contribution in [0.1, 0.15) is 58.6 Å². The molecule has 9 heteroatoms. The molecule has 0 atom stereocenters. The summed E-state index contributed by atoms with van der Waals surface area (Å²) in [7, 11) is -3.85. The summed E-state index contributed by atoms with van der Waals surface area (Å²) in [6, 6.07) is 1.75. The van der Waals surface area contributed by atoms with Gasteiger partial charge in [0.25, 0.3) is 0 Å². The molecule has 0 aliphatic carbocycles. The van der Waals surface area contributed by atoms with Crippen molar-refractivity contribution in [2.45, 2.75) is 63.9 Å². The Balaban J connectivity index is 1.66. The van der Waals surface area contributed by atoms with Gasteiger partial charge in [-0.15, -0.1) is 0 Å². The average Bonchev–Trinajstić information content (AvgIpc) is 2.66. The molecule has 0 N–H and O–H groups in total. The second kappa shape index (κ2) is 8.39. The molecule has 0 aromatic carbocycles. The van der Waals surface area contributed by atoms with Crippen LogP contribution in [0.25, 0.3) is 0 Å². The third-order valence-electron chi connectivity index (χ3n) is 6.39. The maximum atomic E-state index is 13.0. The lowest BCUT2D eigenvalue weighted by Crippen LogP contribution is -2.51. The number of alkyl halides is 3. The van der Waals surface area contributed by atoms with Crippen molar-refractivity contribution in [3.63, 3.8) is 0 Å². The van der Waals surface area contributed by atoms with Crippen LogP contribution >= 0.6 is 0 Å². The van der Waals surface area contributed by atoms with Crippen LogP contribution in [0.3, 0.4) is 0 Å². The summed E-state index contributed by atoms with van der Waals surface area (Å²) in [4.78, 5) is 5.62. The van der Waals surface area contributed by atoms with Crippen LogP contribution < -0.4 is 0 Å². The minimum absolute atomic E-state index is 0.0388. The molecule has 2 fully saturated rings. The van der Waals surface area contributed by atoms with E-state index in [2.05, 4.69) is 30.7 Å². The molecule has 0 amide bonds. The van der Waals surface area contributed by atoms with Gasteiger partial charge in [0.2, 0.25) is 10.0 Å². The molecular formula is C21H32F3N3O2S. The summed E-state index contributed by atoms with van der Waals surface area (Å²) >= 11 is 0. The van der Waals surface area contributed by atoms with Crippen molar-refractivity contribution in [1.82, 2.24) is 14.2 Å². The molecule has 170 valence electrons. The van der Waals surface area contributed by atoms with Crippen molar-refractivity contribution in [1.29, 1.82) is 0 Å². The molecule has 5 nitrogen and oxygen atoms in total. The van der Waals surface area contributed by atoms with Crippen molar-refractivity contribution < 1.29 is 21.6 Å². The Morgan fingerprint density at radius 3 is 2.27 bits per heavy atom. The monoisotopic (exact) mass is 447 g/mol. The van der Waals surface area contributed by atoms with Crippen molar-refractivity contribution in [2.24, 2.45) is 10.8 Å². The predicted octanol–water partition coefficient (Wildman–Crippen LogP) is 4.40. The minimum atomic E-state index is -4.58. The fourth-order valence-electron chi connectivity index (χ4n) is 4.37. The summed E-state index contributed by atoms with van der Waals surface area (Å²) in [6.45, 7) is 10.5. The van der Waals surface area contributed by atoms with Gasteiger partial charge >= 0.3 is 6.18 Å². The molecule has 2 saturated heterocycles. The zero-order valence-corrected chi connectivity index (χ0v) is 18.8. The highest BCUT2D eigenvalue weighted by Crippen LogP contribution is 2.41. The van der Waals surface area contributed by atoms with Gasteiger partial charge in [0, 0.05) is 19.3 Å². The van der Waals surface area contributed by atoms with Gasteiger partial charge in [0.1, 0.15) is 10.6 Å². The zero-order valence-electron chi connectivity index (χ0n) is 18.0. The lowest BCUT2D eigenvalue weighted by Gasteiger charge is -2.47. The standard InChI is InChI=1S/C21H32F3N3O2S/c1-19(2,3)8-12-26-13-9-20(10-14-26)7-4-11-27(16-20)30(28,29)17-5-6-18(25-15-17)21(22,23)24/h5-6,15H,4,7-14,16H2,1-3H3. The van der Waals surface area contributed by atoms with Crippen molar-refractivity contribution in [3.05, 3.63) is 24.0 Å².